The minimum absolute atomic E-state index is 0.0128. The minimum Gasteiger partial charge on any atom is -0.418 e. The first-order chi connectivity index (χ1) is 37.7. The van der Waals surface area contributed by atoms with Crippen LogP contribution in [0.3, 0.4) is 0 Å². The van der Waals surface area contributed by atoms with E-state index in [1.54, 1.807) is 74.5 Å². The fourth-order valence-electron chi connectivity index (χ4n) is 10.3. The Hall–Kier alpha value is -7.75. The molecule has 8 atom stereocenters. The third kappa shape index (κ3) is 14.5. The summed E-state index contributed by atoms with van der Waals surface area (Å²) in [5.74, 6) is -20.0. The lowest BCUT2D eigenvalue weighted by Gasteiger charge is -2.32. The van der Waals surface area contributed by atoms with Crippen molar-refractivity contribution in [3.63, 3.8) is 0 Å². The van der Waals surface area contributed by atoms with Gasteiger partial charge in [-0.25, -0.2) is 18.0 Å². The Bertz CT molecular complexity index is 2840. The summed E-state index contributed by atoms with van der Waals surface area (Å²) < 4.78 is 75.2. The molecule has 7 amide bonds. The number of benzene rings is 4. The Morgan fingerprint density at radius 2 is 0.899 bits per heavy atom. The van der Waals surface area contributed by atoms with E-state index in [9.17, 15) is 60.3 Å². The molecular formula is C57H65F5N8O9. The van der Waals surface area contributed by atoms with E-state index in [2.05, 4.69) is 26.0 Å². The number of nitrogens with two attached hydrogens (primary N) is 1. The average Bonchev–Trinajstić information content (AvgIpc) is 4.26. The third-order valence-electron chi connectivity index (χ3n) is 14.4. The van der Waals surface area contributed by atoms with E-state index in [4.69, 9.17) is 5.73 Å². The van der Waals surface area contributed by atoms with Gasteiger partial charge in [-0.15, -0.1) is 0 Å². The molecule has 0 aliphatic carbocycles. The Kier molecular flexibility index (Phi) is 19.9. The highest BCUT2D eigenvalue weighted by Gasteiger charge is 2.44. The summed E-state index contributed by atoms with van der Waals surface area (Å²) in [5, 5.41) is 11.1. The molecule has 6 N–H and O–H groups in total. The van der Waals surface area contributed by atoms with Crippen LogP contribution < -0.4 is 31.7 Å². The van der Waals surface area contributed by atoms with Crippen molar-refractivity contribution in [2.24, 2.45) is 11.7 Å². The summed E-state index contributed by atoms with van der Waals surface area (Å²) in [5.41, 5.74) is 8.57. The van der Waals surface area contributed by atoms with E-state index in [0.29, 0.717) is 36.9 Å². The second kappa shape index (κ2) is 26.7. The number of hydrogen-bond acceptors (Lipinski definition) is 10. The second-order valence-electron chi connectivity index (χ2n) is 20.6. The molecule has 4 aromatic rings. The number of halogens is 5. The molecule has 0 bridgehead atoms. The van der Waals surface area contributed by atoms with Gasteiger partial charge in [0.05, 0.1) is 6.04 Å². The number of carbonyl (C=O) groups excluding carboxylic acids is 8. The van der Waals surface area contributed by atoms with Crippen LogP contribution in [0, 0.1) is 35.0 Å². The Morgan fingerprint density at radius 3 is 1.38 bits per heavy atom. The van der Waals surface area contributed by atoms with E-state index in [1.807, 2.05) is 30.3 Å². The highest BCUT2D eigenvalue weighted by Crippen LogP contribution is 2.31. The van der Waals surface area contributed by atoms with Gasteiger partial charge in [0.1, 0.15) is 42.3 Å². The van der Waals surface area contributed by atoms with Crippen molar-refractivity contribution in [1.29, 1.82) is 0 Å². The van der Waals surface area contributed by atoms with E-state index < -0.39 is 130 Å². The fraction of sp³-hybridized carbons (Fsp3) is 0.439. The molecule has 3 aliphatic heterocycles. The van der Waals surface area contributed by atoms with E-state index in [-0.39, 0.29) is 64.0 Å². The average molecular weight is 1100 g/mol. The maximum Gasteiger partial charge on any atom is 0.334 e. The zero-order chi connectivity index (χ0) is 57.1. The summed E-state index contributed by atoms with van der Waals surface area (Å²) in [6, 6.07) is 17.3. The van der Waals surface area contributed by atoms with Crippen LogP contribution >= 0.6 is 0 Å². The SMILES string of the molecule is CC(C)C[C@H](NC(=O)[C@@H]1CCCN1C(=O)[C@H](C)NC(=O)[C@H](Cc1ccccc1)NC(=O)[C@H](Cc1ccccc1)NC(=O)[C@@H]1CCCN1C(=O)[C@@H](N)Cc1ccccc1)C(=O)N1CCC[C@H]1C(=O)Oc1c(F)c(F)c(F)c(F)c1F. The summed E-state index contributed by atoms with van der Waals surface area (Å²) in [6.07, 6.45) is 1.74. The first-order valence-corrected chi connectivity index (χ1v) is 26.5. The molecule has 0 radical (unpaired) electrons. The molecule has 3 fully saturated rings. The van der Waals surface area contributed by atoms with Gasteiger partial charge in [-0.2, -0.15) is 8.78 Å². The fourth-order valence-corrected chi connectivity index (χ4v) is 10.3. The molecule has 0 saturated carbocycles. The maximum absolute atomic E-state index is 14.5. The molecule has 3 saturated heterocycles. The lowest BCUT2D eigenvalue weighted by molar-refractivity contribution is -0.148. The van der Waals surface area contributed by atoms with E-state index in [1.165, 1.54) is 16.7 Å². The lowest BCUT2D eigenvalue weighted by Crippen LogP contribution is -2.60. The van der Waals surface area contributed by atoms with E-state index >= 15 is 0 Å². The van der Waals surface area contributed by atoms with Gasteiger partial charge >= 0.3 is 5.97 Å². The van der Waals surface area contributed by atoms with Crippen molar-refractivity contribution < 1.29 is 65.0 Å². The normalized spacial score (nSPS) is 19.0. The van der Waals surface area contributed by atoms with Gasteiger partial charge in [-0.05, 0) is 80.9 Å². The first kappa shape index (κ1) is 58.9. The second-order valence-corrected chi connectivity index (χ2v) is 20.6. The number of carbonyl (C=O) groups is 8. The van der Waals surface area contributed by atoms with Crippen LogP contribution in [0.2, 0.25) is 0 Å². The monoisotopic (exact) mass is 1100 g/mol. The Balaban J connectivity index is 1.02. The van der Waals surface area contributed by atoms with Gasteiger partial charge in [-0.1, -0.05) is 105 Å². The summed E-state index contributed by atoms with van der Waals surface area (Å²) in [7, 11) is 0. The number of nitrogens with zero attached hydrogens (tertiary/aromatic N) is 3. The van der Waals surface area contributed by atoms with Crippen LogP contribution in [0.4, 0.5) is 22.0 Å². The molecule has 3 aliphatic rings. The standard InChI is InChI=1S/C57H65F5N8O9/c1-32(2)28-40(56(77)70-27-15-24-43(70)57(78)79-49-47(61)45(59)44(58)46(60)48(49)62)67-53(74)41-22-13-25-68(41)54(75)33(3)64-50(71)38(30-35-18-9-5-10-19-35)65-51(72)39(31-36-20-11-6-12-21-36)66-52(73)42-23-14-26-69(42)55(76)37(63)29-34-16-7-4-8-17-34/h4-12,16-21,32-33,37-43H,13-15,22-31,63H2,1-3H3,(H,64,71)(H,65,72)(H,66,73)(H,67,74)/t33-,37-,38-,39-,40-,41-,42-,43-/m0/s1. The van der Waals surface area contributed by atoms with E-state index in [0.717, 1.165) is 10.5 Å². The van der Waals surface area contributed by atoms with Crippen molar-refractivity contribution in [1.82, 2.24) is 36.0 Å². The molecule has 22 heteroatoms. The number of amides is 7. The van der Waals surface area contributed by atoms with Crippen LogP contribution in [-0.4, -0.2) is 130 Å². The molecule has 422 valence electrons. The van der Waals surface area contributed by atoms with Gasteiger partial charge in [0.2, 0.25) is 76.2 Å². The van der Waals surface area contributed by atoms with Crippen molar-refractivity contribution >= 4 is 47.3 Å². The predicted octanol–water partition coefficient (Wildman–Crippen LogP) is 4.32. The molecule has 7 rings (SSSR count). The number of esters is 1. The molecule has 0 unspecified atom stereocenters. The van der Waals surface area contributed by atoms with Crippen LogP contribution in [-0.2, 0) is 57.6 Å². The first-order valence-electron chi connectivity index (χ1n) is 26.5. The minimum atomic E-state index is -2.45. The largest absolute Gasteiger partial charge is 0.418 e. The van der Waals surface area contributed by atoms with Gasteiger partial charge < -0.3 is 46.4 Å². The quantitative estimate of drug-likeness (QED) is 0.0261. The topological polar surface area (TPSA) is 230 Å². The molecule has 0 aromatic heterocycles. The number of likely N-dealkylation sites (tertiary alicyclic amines) is 3. The summed E-state index contributed by atoms with van der Waals surface area (Å²) in [4.78, 5) is 116. The molecule has 4 aromatic carbocycles. The summed E-state index contributed by atoms with van der Waals surface area (Å²) in [6.45, 7) is 5.23. The highest BCUT2D eigenvalue weighted by atomic mass is 19.2. The number of hydrogen-bond donors (Lipinski definition) is 5. The summed E-state index contributed by atoms with van der Waals surface area (Å²) >= 11 is 0. The van der Waals surface area contributed by atoms with Crippen LogP contribution in [0.1, 0.15) is 82.4 Å². The number of ether oxygens (including phenoxy) is 1. The van der Waals surface area contributed by atoms with Crippen molar-refractivity contribution in [3.8, 4) is 5.75 Å². The van der Waals surface area contributed by atoms with Gasteiger partial charge in [0.25, 0.3) is 0 Å². The zero-order valence-electron chi connectivity index (χ0n) is 44.0. The molecule has 17 nitrogen and oxygen atoms in total. The van der Waals surface area contributed by atoms with Gasteiger partial charge in [0.15, 0.2) is 0 Å². The maximum atomic E-state index is 14.5. The Morgan fingerprint density at radius 1 is 0.506 bits per heavy atom. The smallest absolute Gasteiger partial charge is 0.334 e. The predicted molar refractivity (Wildman–Crippen MR) is 277 cm³/mol. The third-order valence-corrected chi connectivity index (χ3v) is 14.4. The van der Waals surface area contributed by atoms with Crippen LogP contribution in [0.25, 0.3) is 0 Å². The van der Waals surface area contributed by atoms with Crippen molar-refractivity contribution in [2.75, 3.05) is 19.6 Å². The van der Waals surface area contributed by atoms with Gasteiger partial charge in [0, 0.05) is 32.5 Å². The zero-order valence-corrected chi connectivity index (χ0v) is 44.0. The number of rotatable bonds is 21. The van der Waals surface area contributed by atoms with Crippen LogP contribution in [0.15, 0.2) is 91.0 Å². The molecular weight excluding hydrogens is 1040 g/mol. The number of nitrogens with one attached hydrogen (secondary N) is 4. The van der Waals surface area contributed by atoms with Crippen molar-refractivity contribution in [2.45, 2.75) is 133 Å². The highest BCUT2D eigenvalue weighted by molar-refractivity contribution is 5.98. The Labute approximate surface area is 454 Å². The molecule has 79 heavy (non-hydrogen) atoms. The molecule has 3 heterocycles. The van der Waals surface area contributed by atoms with Crippen LogP contribution in [0.5, 0.6) is 5.75 Å². The lowest BCUT2D eigenvalue weighted by atomic mass is 10.0. The van der Waals surface area contributed by atoms with Gasteiger partial charge in [-0.3, -0.25) is 33.6 Å². The molecule has 0 spiro atoms. The van der Waals surface area contributed by atoms with Crippen molar-refractivity contribution in [3.05, 3.63) is 137 Å².